The van der Waals surface area contributed by atoms with E-state index in [0.717, 1.165) is 27.6 Å². The lowest BCUT2D eigenvalue weighted by atomic mass is 9.68. The van der Waals surface area contributed by atoms with Gasteiger partial charge in [0.05, 0.1) is 22.5 Å². The second-order valence-electron chi connectivity index (χ2n) is 18.2. The summed E-state index contributed by atoms with van der Waals surface area (Å²) < 4.78 is 8.62. The van der Waals surface area contributed by atoms with Crippen LogP contribution in [0.4, 0.5) is 11.4 Å². The van der Waals surface area contributed by atoms with Gasteiger partial charge in [-0.1, -0.05) is 164 Å². The average Bonchev–Trinajstić information content (AvgIpc) is 4.07. The Morgan fingerprint density at radius 2 is 1.11 bits per heavy atom. The number of aromatic nitrogens is 1. The first-order valence-corrected chi connectivity index (χ1v) is 22.7. The van der Waals surface area contributed by atoms with E-state index in [1.807, 2.05) is 12.1 Å². The third-order valence-electron chi connectivity index (χ3n) is 14.9. The highest BCUT2D eigenvalue weighted by Crippen LogP contribution is 2.58. The first kappa shape index (κ1) is 36.4. The predicted octanol–water partition coefficient (Wildman–Crippen LogP) is 15.6. The molecular weight excluding hydrogens is 789 g/mol. The van der Waals surface area contributed by atoms with Crippen LogP contribution in [0, 0.1) is 0 Å². The van der Waals surface area contributed by atoms with Crippen LogP contribution >= 0.6 is 0 Å². The molecule has 2 atom stereocenters. The van der Waals surface area contributed by atoms with Crippen molar-refractivity contribution in [2.24, 2.45) is 0 Å². The molecule has 0 radical (unpaired) electrons. The maximum Gasteiger partial charge on any atom is 0.135 e. The Bertz CT molecular complexity index is 3770. The minimum Gasteiger partial charge on any atom is -0.456 e. The molecule has 2 aliphatic carbocycles. The van der Waals surface area contributed by atoms with Gasteiger partial charge < -0.3 is 13.9 Å². The highest BCUT2D eigenvalue weighted by Gasteiger charge is 2.49. The monoisotopic (exact) mass is 830 g/mol. The molecule has 2 unspecified atom stereocenters. The number of hydrogen-bond donors (Lipinski definition) is 0. The number of benzene rings is 9. The first-order valence-electron chi connectivity index (χ1n) is 22.7. The van der Waals surface area contributed by atoms with Gasteiger partial charge in [0.25, 0.3) is 0 Å². The lowest BCUT2D eigenvalue weighted by Gasteiger charge is -2.36. The summed E-state index contributed by atoms with van der Waals surface area (Å²) >= 11 is 0. The molecule has 0 saturated heterocycles. The zero-order valence-electron chi connectivity index (χ0n) is 35.8. The van der Waals surface area contributed by atoms with E-state index in [1.165, 1.54) is 83.3 Å². The number of allylic oxidation sites excluding steroid dienone is 2. The van der Waals surface area contributed by atoms with Gasteiger partial charge in [-0.25, -0.2) is 0 Å². The molecule has 0 N–H and O–H groups in total. The van der Waals surface area contributed by atoms with Crippen molar-refractivity contribution in [3.63, 3.8) is 0 Å². The minimum atomic E-state index is -0.428. The lowest BCUT2D eigenvalue weighted by molar-refractivity contribution is 0.551. The quantitative estimate of drug-likeness (QED) is 0.172. The molecule has 0 amide bonds. The molecule has 11 aromatic rings. The topological polar surface area (TPSA) is 21.3 Å². The molecule has 9 aromatic carbocycles. The van der Waals surface area contributed by atoms with Crippen LogP contribution in [0.1, 0.15) is 34.7 Å². The standard InChI is InChI=1S/C62H42N2O/c1-61-35-15-14-26-60(61)64(45-29-31-53-49(38-45)46-20-8-11-23-52(46)62(53,42-16-4-2-5-17-42)43-18-6-3-7-19-43)57-33-28-41(37-54(57)61)40-27-32-56-50(36-40)47-21-9-12-24-55(47)63(56)44-30-34-59-51(39-44)48-22-10-13-25-58(48)65-59/h2-39,60H,1H3. The number of nitrogens with zero attached hydrogens (tertiary/aromatic N) is 2. The van der Waals surface area contributed by atoms with Crippen molar-refractivity contribution in [3.05, 3.63) is 258 Å². The van der Waals surface area contributed by atoms with E-state index in [2.05, 4.69) is 235 Å². The number of para-hydroxylation sites is 2. The fraction of sp³-hybridized carbons (Fsp3) is 0.0645. The van der Waals surface area contributed by atoms with E-state index in [1.54, 1.807) is 0 Å². The molecule has 14 rings (SSSR count). The number of hydrogen-bond acceptors (Lipinski definition) is 2. The zero-order chi connectivity index (χ0) is 42.9. The molecule has 306 valence electrons. The summed E-state index contributed by atoms with van der Waals surface area (Å²) in [5.41, 5.74) is 18.7. The summed E-state index contributed by atoms with van der Waals surface area (Å²) in [5.74, 6) is 0. The van der Waals surface area contributed by atoms with Crippen LogP contribution in [0.2, 0.25) is 0 Å². The predicted molar refractivity (Wildman–Crippen MR) is 269 cm³/mol. The number of anilines is 2. The molecule has 3 heteroatoms. The van der Waals surface area contributed by atoms with E-state index in [4.69, 9.17) is 4.42 Å². The smallest absolute Gasteiger partial charge is 0.135 e. The fourth-order valence-electron chi connectivity index (χ4n) is 12.0. The number of furan rings is 1. The van der Waals surface area contributed by atoms with Crippen LogP contribution in [0.15, 0.2) is 235 Å². The van der Waals surface area contributed by atoms with Crippen LogP contribution in [0.25, 0.3) is 71.7 Å². The molecule has 0 bridgehead atoms. The molecule has 65 heavy (non-hydrogen) atoms. The van der Waals surface area contributed by atoms with Crippen molar-refractivity contribution < 1.29 is 4.42 Å². The van der Waals surface area contributed by atoms with Crippen molar-refractivity contribution in [3.8, 4) is 27.9 Å². The minimum absolute atomic E-state index is 0.116. The summed E-state index contributed by atoms with van der Waals surface area (Å²) in [5, 5.41) is 4.74. The Kier molecular flexibility index (Phi) is 7.51. The second-order valence-corrected chi connectivity index (χ2v) is 18.2. The number of fused-ring (bicyclic) bond motifs is 12. The zero-order valence-corrected chi connectivity index (χ0v) is 35.8. The van der Waals surface area contributed by atoms with Crippen molar-refractivity contribution in [1.82, 2.24) is 4.57 Å². The maximum atomic E-state index is 6.22. The Morgan fingerprint density at radius 1 is 0.446 bits per heavy atom. The lowest BCUT2D eigenvalue weighted by Crippen LogP contribution is -2.39. The molecule has 1 aliphatic heterocycles. The number of rotatable bonds is 5. The maximum absolute atomic E-state index is 6.22. The summed E-state index contributed by atoms with van der Waals surface area (Å²) in [4.78, 5) is 2.59. The third kappa shape index (κ3) is 4.95. The SMILES string of the molecule is CC12C=CC=CC1N(c1ccc3c(c1)-c1ccccc1C3(c1ccccc1)c1ccccc1)c1ccc(-c3ccc4c(c3)c3ccccc3n4-c3ccc4oc5ccccc5c4c3)cc12. The average molecular weight is 831 g/mol. The Hall–Kier alpha value is -8.14. The van der Waals surface area contributed by atoms with Crippen LogP contribution in [-0.4, -0.2) is 10.6 Å². The molecule has 3 heterocycles. The van der Waals surface area contributed by atoms with Gasteiger partial charge in [0, 0.05) is 44.0 Å². The summed E-state index contributed by atoms with van der Waals surface area (Å²) in [6.07, 6.45) is 9.26. The normalized spacial score (nSPS) is 17.8. The highest BCUT2D eigenvalue weighted by molar-refractivity contribution is 6.11. The Labute approximate surface area is 377 Å². The molecule has 3 aliphatic rings. The second kappa shape index (κ2) is 13.4. The first-order chi connectivity index (χ1) is 32.1. The molecule has 3 nitrogen and oxygen atoms in total. The van der Waals surface area contributed by atoms with Crippen LogP contribution in [-0.2, 0) is 10.8 Å². The largest absolute Gasteiger partial charge is 0.456 e. The van der Waals surface area contributed by atoms with E-state index >= 15 is 0 Å². The molecule has 2 aromatic heterocycles. The van der Waals surface area contributed by atoms with Crippen LogP contribution in [0.5, 0.6) is 0 Å². The van der Waals surface area contributed by atoms with E-state index < -0.39 is 5.41 Å². The summed E-state index contributed by atoms with van der Waals surface area (Å²) in [6, 6.07) is 76.4. The van der Waals surface area contributed by atoms with Gasteiger partial charge in [0.2, 0.25) is 0 Å². The van der Waals surface area contributed by atoms with Crippen LogP contribution in [0.3, 0.4) is 0 Å². The van der Waals surface area contributed by atoms with Gasteiger partial charge in [0.1, 0.15) is 11.2 Å². The van der Waals surface area contributed by atoms with E-state index in [-0.39, 0.29) is 11.5 Å². The molecule has 0 fully saturated rings. The highest BCUT2D eigenvalue weighted by atomic mass is 16.3. The van der Waals surface area contributed by atoms with Gasteiger partial charge in [-0.15, -0.1) is 0 Å². The van der Waals surface area contributed by atoms with Crippen molar-refractivity contribution in [2.75, 3.05) is 4.90 Å². The van der Waals surface area contributed by atoms with Gasteiger partial charge in [-0.3, -0.25) is 0 Å². The van der Waals surface area contributed by atoms with Crippen molar-refractivity contribution >= 4 is 55.1 Å². The molecular formula is C62H42N2O. The summed E-state index contributed by atoms with van der Waals surface area (Å²) in [7, 11) is 0. The van der Waals surface area contributed by atoms with Crippen molar-refractivity contribution in [1.29, 1.82) is 0 Å². The van der Waals surface area contributed by atoms with Crippen molar-refractivity contribution in [2.45, 2.75) is 23.8 Å². The molecule has 0 saturated carbocycles. The Balaban J connectivity index is 0.904. The van der Waals surface area contributed by atoms with E-state index in [9.17, 15) is 0 Å². The third-order valence-corrected chi connectivity index (χ3v) is 14.9. The fourth-order valence-corrected chi connectivity index (χ4v) is 12.0. The molecule has 0 spiro atoms. The van der Waals surface area contributed by atoms with Gasteiger partial charge in [-0.2, -0.15) is 0 Å². The van der Waals surface area contributed by atoms with E-state index in [0.29, 0.717) is 0 Å². The van der Waals surface area contributed by atoms with Gasteiger partial charge in [-0.05, 0) is 124 Å². The van der Waals surface area contributed by atoms with Gasteiger partial charge >= 0.3 is 0 Å². The van der Waals surface area contributed by atoms with Crippen LogP contribution < -0.4 is 4.90 Å². The Morgan fingerprint density at radius 3 is 1.95 bits per heavy atom. The summed E-state index contributed by atoms with van der Waals surface area (Å²) in [6.45, 7) is 2.41. The van der Waals surface area contributed by atoms with Gasteiger partial charge in [0.15, 0.2) is 0 Å².